The molecule has 1 aliphatic carbocycles. The molecule has 3 heteroatoms. The number of fused-ring (bicyclic) bond motifs is 4. The first-order valence-corrected chi connectivity index (χ1v) is 18.6. The summed E-state index contributed by atoms with van der Waals surface area (Å²) in [5.41, 5.74) is 15.2. The van der Waals surface area contributed by atoms with Crippen molar-refractivity contribution in [1.82, 2.24) is 4.57 Å². The first-order chi connectivity index (χ1) is 26.3. The smallest absolute Gasteiger partial charge is 0.160 e. The van der Waals surface area contributed by atoms with Gasteiger partial charge in [0.25, 0.3) is 0 Å². The lowest BCUT2D eigenvalue weighted by atomic mass is 9.81. The van der Waals surface area contributed by atoms with E-state index in [2.05, 4.69) is 159 Å². The van der Waals surface area contributed by atoms with Gasteiger partial charge in [-0.05, 0) is 101 Å². The van der Waals surface area contributed by atoms with Gasteiger partial charge in [-0.3, -0.25) is 0 Å². The molecule has 0 bridgehead atoms. The fourth-order valence-corrected chi connectivity index (χ4v) is 7.69. The van der Waals surface area contributed by atoms with Crippen molar-refractivity contribution < 1.29 is 0 Å². The molecular formula is C51H43N3. The Morgan fingerprint density at radius 2 is 1.31 bits per heavy atom. The number of amidine groups is 1. The third-order valence-electron chi connectivity index (χ3n) is 10.5. The standard InChI is InChI=1S/C51H43N3/c1-6-7-11-25-43-33-41-32-39(29-31-48(41)54(43)42-23-16-10-17-24-42)40-28-30-44-47(34-40)51(4,5)46-27-18-26-45(49(44)46)50(52-35(2)37-19-12-8-13-20-37)53-36(3)38-21-14-9-15-22-38/h6-34H,2H2,1,3-5H3/b7-6-,25-11-,52-50-,53-36+. The van der Waals surface area contributed by atoms with Crippen molar-refractivity contribution in [3.8, 4) is 27.9 Å². The van der Waals surface area contributed by atoms with E-state index in [1.165, 1.54) is 44.3 Å². The van der Waals surface area contributed by atoms with Crippen molar-refractivity contribution in [2.24, 2.45) is 9.98 Å². The van der Waals surface area contributed by atoms with Gasteiger partial charge in [0.05, 0.1) is 11.2 Å². The molecule has 0 N–H and O–H groups in total. The summed E-state index contributed by atoms with van der Waals surface area (Å²) < 4.78 is 2.33. The van der Waals surface area contributed by atoms with Crippen LogP contribution in [0.4, 0.5) is 0 Å². The highest BCUT2D eigenvalue weighted by molar-refractivity contribution is 6.16. The minimum absolute atomic E-state index is 0.234. The van der Waals surface area contributed by atoms with E-state index in [1.54, 1.807) is 0 Å². The van der Waals surface area contributed by atoms with Crippen LogP contribution in [-0.2, 0) is 5.41 Å². The van der Waals surface area contributed by atoms with Crippen LogP contribution < -0.4 is 0 Å². The van der Waals surface area contributed by atoms with Crippen LogP contribution in [-0.4, -0.2) is 16.1 Å². The number of nitrogens with zero attached hydrogens (tertiary/aromatic N) is 3. The summed E-state index contributed by atoms with van der Waals surface area (Å²) in [7, 11) is 0. The Kier molecular flexibility index (Phi) is 9.23. The van der Waals surface area contributed by atoms with Crippen LogP contribution in [0, 0.1) is 0 Å². The molecule has 54 heavy (non-hydrogen) atoms. The SMILES string of the molecule is C=C(/N=C(\N=C(/C)c1ccccc1)c1cccc2c1-c1ccc(-c3ccc4c(c3)cc(/C=C\C=C/C)n4-c3ccccc3)cc1C2(C)C)c1ccccc1. The second-order valence-electron chi connectivity index (χ2n) is 14.3. The fourth-order valence-electron chi connectivity index (χ4n) is 7.69. The van der Waals surface area contributed by atoms with E-state index in [0.717, 1.165) is 33.8 Å². The number of aliphatic imine (C=N–C) groups is 2. The normalized spacial score (nSPS) is 13.9. The highest BCUT2D eigenvalue weighted by Crippen LogP contribution is 2.51. The summed E-state index contributed by atoms with van der Waals surface area (Å²) in [6, 6.07) is 53.6. The minimum atomic E-state index is -0.234. The topological polar surface area (TPSA) is 29.6 Å². The maximum atomic E-state index is 5.22. The Labute approximate surface area is 318 Å². The number of allylic oxidation sites excluding steroid dienone is 3. The van der Waals surface area contributed by atoms with E-state index in [9.17, 15) is 0 Å². The van der Waals surface area contributed by atoms with Crippen LogP contribution in [0.2, 0.25) is 0 Å². The average molecular weight is 698 g/mol. The molecule has 1 aromatic heterocycles. The van der Waals surface area contributed by atoms with E-state index in [-0.39, 0.29) is 5.41 Å². The zero-order valence-corrected chi connectivity index (χ0v) is 31.3. The molecule has 8 rings (SSSR count). The molecule has 7 aromatic rings. The Morgan fingerprint density at radius 3 is 2.04 bits per heavy atom. The Morgan fingerprint density at radius 1 is 0.648 bits per heavy atom. The van der Waals surface area contributed by atoms with Crippen LogP contribution >= 0.6 is 0 Å². The molecular weight excluding hydrogens is 655 g/mol. The predicted octanol–water partition coefficient (Wildman–Crippen LogP) is 13.1. The number of hydrogen-bond donors (Lipinski definition) is 0. The summed E-state index contributed by atoms with van der Waals surface area (Å²) in [6.45, 7) is 13.1. The van der Waals surface area contributed by atoms with Gasteiger partial charge in [-0.25, -0.2) is 9.98 Å². The molecule has 1 aliphatic rings. The van der Waals surface area contributed by atoms with Crippen molar-refractivity contribution in [1.29, 1.82) is 0 Å². The number of hydrogen-bond acceptors (Lipinski definition) is 1. The predicted molar refractivity (Wildman–Crippen MR) is 231 cm³/mol. The van der Waals surface area contributed by atoms with Crippen molar-refractivity contribution >= 4 is 34.2 Å². The minimum Gasteiger partial charge on any atom is -0.310 e. The van der Waals surface area contributed by atoms with Crippen LogP contribution in [0.15, 0.2) is 186 Å². The second-order valence-corrected chi connectivity index (χ2v) is 14.3. The highest BCUT2D eigenvalue weighted by atomic mass is 15.0. The summed E-state index contributed by atoms with van der Waals surface area (Å²) in [5, 5.41) is 1.20. The number of rotatable bonds is 8. The zero-order chi connectivity index (χ0) is 37.2. The van der Waals surface area contributed by atoms with E-state index in [0.29, 0.717) is 11.5 Å². The van der Waals surface area contributed by atoms with Gasteiger partial charge < -0.3 is 4.57 Å². The molecule has 1 heterocycles. The molecule has 3 nitrogen and oxygen atoms in total. The van der Waals surface area contributed by atoms with Gasteiger partial charge in [0.1, 0.15) is 0 Å². The van der Waals surface area contributed by atoms with Crippen LogP contribution in [0.3, 0.4) is 0 Å². The van der Waals surface area contributed by atoms with Gasteiger partial charge >= 0.3 is 0 Å². The molecule has 0 amide bonds. The first-order valence-electron chi connectivity index (χ1n) is 18.6. The quantitative estimate of drug-likeness (QED) is 0.0860. The number of para-hydroxylation sites is 1. The average Bonchev–Trinajstić information content (AvgIpc) is 3.69. The molecule has 6 aromatic carbocycles. The second kappa shape index (κ2) is 14.4. The molecule has 0 spiro atoms. The summed E-state index contributed by atoms with van der Waals surface area (Å²) >= 11 is 0. The Balaban J connectivity index is 1.24. The Hall–Kier alpha value is -6.58. The fraction of sp³-hybridized carbons (Fsp3) is 0.0980. The molecule has 0 saturated heterocycles. The molecule has 0 aliphatic heterocycles. The van der Waals surface area contributed by atoms with Crippen LogP contribution in [0.1, 0.15) is 61.2 Å². The third-order valence-corrected chi connectivity index (χ3v) is 10.5. The van der Waals surface area contributed by atoms with Crippen molar-refractivity contribution in [2.75, 3.05) is 0 Å². The van der Waals surface area contributed by atoms with Gasteiger partial charge in [-0.15, -0.1) is 0 Å². The van der Waals surface area contributed by atoms with Gasteiger partial charge in [0, 0.05) is 33.5 Å². The van der Waals surface area contributed by atoms with Gasteiger partial charge in [0.15, 0.2) is 5.84 Å². The Bertz CT molecular complexity index is 2630. The van der Waals surface area contributed by atoms with Crippen LogP contribution in [0.25, 0.3) is 50.6 Å². The first kappa shape index (κ1) is 34.5. The lowest BCUT2D eigenvalue weighted by Gasteiger charge is -2.22. The molecule has 262 valence electrons. The van der Waals surface area contributed by atoms with Crippen molar-refractivity contribution in [3.63, 3.8) is 0 Å². The van der Waals surface area contributed by atoms with E-state index >= 15 is 0 Å². The maximum Gasteiger partial charge on any atom is 0.160 e. The van der Waals surface area contributed by atoms with Gasteiger partial charge in [-0.2, -0.15) is 0 Å². The van der Waals surface area contributed by atoms with Crippen molar-refractivity contribution in [2.45, 2.75) is 33.1 Å². The van der Waals surface area contributed by atoms with Crippen molar-refractivity contribution in [3.05, 3.63) is 210 Å². The van der Waals surface area contributed by atoms with E-state index < -0.39 is 0 Å². The van der Waals surface area contributed by atoms with E-state index in [4.69, 9.17) is 9.98 Å². The summed E-state index contributed by atoms with van der Waals surface area (Å²) in [5.74, 6) is 0.655. The summed E-state index contributed by atoms with van der Waals surface area (Å²) in [4.78, 5) is 10.4. The molecule has 0 unspecified atom stereocenters. The molecule has 0 radical (unpaired) electrons. The van der Waals surface area contributed by atoms with Crippen LogP contribution in [0.5, 0.6) is 0 Å². The zero-order valence-electron chi connectivity index (χ0n) is 31.3. The van der Waals surface area contributed by atoms with E-state index in [1.807, 2.05) is 55.5 Å². The highest BCUT2D eigenvalue weighted by Gasteiger charge is 2.37. The largest absolute Gasteiger partial charge is 0.310 e. The monoisotopic (exact) mass is 697 g/mol. The lowest BCUT2D eigenvalue weighted by Crippen LogP contribution is -2.15. The molecule has 0 atom stereocenters. The third kappa shape index (κ3) is 6.39. The van der Waals surface area contributed by atoms with Gasteiger partial charge in [0.2, 0.25) is 0 Å². The number of aromatic nitrogens is 1. The lowest BCUT2D eigenvalue weighted by molar-refractivity contribution is 0.660. The van der Waals surface area contributed by atoms with Gasteiger partial charge in [-0.1, -0.05) is 154 Å². The maximum absolute atomic E-state index is 5.22. The molecule has 0 fully saturated rings. The molecule has 0 saturated carbocycles. The summed E-state index contributed by atoms with van der Waals surface area (Å²) in [6.07, 6.45) is 8.40. The number of benzene rings is 6.